The zero-order valence-electron chi connectivity index (χ0n) is 13.4. The second kappa shape index (κ2) is 6.72. The number of carbonyl (C=O) groups is 2. The zero-order valence-corrected chi connectivity index (χ0v) is 13.4. The van der Waals surface area contributed by atoms with Gasteiger partial charge in [-0.05, 0) is 40.2 Å². The Morgan fingerprint density at radius 2 is 1.62 bits per heavy atom. The quantitative estimate of drug-likeness (QED) is 0.784. The Kier molecular flexibility index (Phi) is 5.49. The first-order chi connectivity index (χ1) is 9.60. The lowest BCUT2D eigenvalue weighted by Gasteiger charge is -2.24. The number of aryl methyl sites for hydroxylation is 1. The van der Waals surface area contributed by atoms with Crippen LogP contribution in [0.5, 0.6) is 0 Å². The highest BCUT2D eigenvalue weighted by molar-refractivity contribution is 5.90. The molecule has 0 radical (unpaired) electrons. The molecule has 0 aliphatic heterocycles. The molecule has 0 heterocycles. The van der Waals surface area contributed by atoms with Gasteiger partial charge in [0.05, 0.1) is 0 Å². The number of nitrogens with one attached hydrogen (secondary N) is 2. The van der Waals surface area contributed by atoms with E-state index in [1.165, 1.54) is 0 Å². The maximum absolute atomic E-state index is 12.1. The second-order valence-corrected chi connectivity index (χ2v) is 6.36. The van der Waals surface area contributed by atoms with Gasteiger partial charge in [-0.25, -0.2) is 0 Å². The van der Waals surface area contributed by atoms with Crippen LogP contribution < -0.4 is 16.4 Å². The summed E-state index contributed by atoms with van der Waals surface area (Å²) in [6, 6.07) is 6.03. The van der Waals surface area contributed by atoms with Gasteiger partial charge in [0.15, 0.2) is 0 Å². The molecule has 5 heteroatoms. The highest BCUT2D eigenvalue weighted by Crippen LogP contribution is 2.11. The van der Waals surface area contributed by atoms with Crippen LogP contribution in [0.25, 0.3) is 0 Å². The Balaban J connectivity index is 2.63. The minimum absolute atomic E-state index is 0.230. The van der Waals surface area contributed by atoms with Crippen molar-refractivity contribution in [3.05, 3.63) is 35.4 Å². The summed E-state index contributed by atoms with van der Waals surface area (Å²) in [7, 11) is 0. The molecule has 0 bridgehead atoms. The molecule has 0 aromatic heterocycles. The van der Waals surface area contributed by atoms with Crippen LogP contribution in [0.2, 0.25) is 0 Å². The van der Waals surface area contributed by atoms with Crippen molar-refractivity contribution in [1.82, 2.24) is 10.6 Å². The summed E-state index contributed by atoms with van der Waals surface area (Å²) in [5.41, 5.74) is 7.41. The molecule has 0 aliphatic carbocycles. The lowest BCUT2D eigenvalue weighted by atomic mass is 10.0. The first kappa shape index (κ1) is 17.2. The molecule has 0 saturated carbocycles. The Bertz CT molecular complexity index is 503. The Hall–Kier alpha value is -1.88. The molecular weight excluding hydrogens is 266 g/mol. The van der Waals surface area contributed by atoms with Crippen LogP contribution in [0.4, 0.5) is 0 Å². The summed E-state index contributed by atoms with van der Waals surface area (Å²) in [6.45, 7) is 9.27. The van der Waals surface area contributed by atoms with Crippen LogP contribution in [0, 0.1) is 6.92 Å². The van der Waals surface area contributed by atoms with E-state index in [4.69, 9.17) is 5.73 Å². The number of amides is 2. The number of benzene rings is 1. The molecular formula is C16H25N3O2. The van der Waals surface area contributed by atoms with Gasteiger partial charge < -0.3 is 16.4 Å². The Morgan fingerprint density at radius 1 is 1.10 bits per heavy atom. The summed E-state index contributed by atoms with van der Waals surface area (Å²) in [6.07, 6.45) is 0. The summed E-state index contributed by atoms with van der Waals surface area (Å²) in [4.78, 5) is 24.0. The monoisotopic (exact) mass is 291 g/mol. The van der Waals surface area contributed by atoms with Crippen molar-refractivity contribution in [1.29, 1.82) is 0 Å². The molecule has 1 aromatic rings. The van der Waals surface area contributed by atoms with E-state index in [0.717, 1.165) is 11.1 Å². The summed E-state index contributed by atoms with van der Waals surface area (Å²) in [5.74, 6) is -0.595. The van der Waals surface area contributed by atoms with Gasteiger partial charge in [-0.1, -0.05) is 29.8 Å². The number of hydrogen-bond donors (Lipinski definition) is 3. The first-order valence-electron chi connectivity index (χ1n) is 7.04. The van der Waals surface area contributed by atoms with Crippen LogP contribution in [0.3, 0.4) is 0 Å². The smallest absolute Gasteiger partial charge is 0.242 e. The van der Waals surface area contributed by atoms with Crippen LogP contribution >= 0.6 is 0 Å². The van der Waals surface area contributed by atoms with E-state index >= 15 is 0 Å². The lowest BCUT2D eigenvalue weighted by molar-refractivity contribution is -0.130. The van der Waals surface area contributed by atoms with E-state index in [1.54, 1.807) is 6.92 Å². The normalized spacial score (nSPS) is 14.2. The molecule has 0 fully saturated rings. The molecule has 5 nitrogen and oxygen atoms in total. The first-order valence-corrected chi connectivity index (χ1v) is 7.04. The second-order valence-electron chi connectivity index (χ2n) is 6.36. The number of nitrogens with two attached hydrogens (primary N) is 1. The minimum Gasteiger partial charge on any atom is -0.350 e. The Labute approximate surface area is 126 Å². The van der Waals surface area contributed by atoms with Crippen molar-refractivity contribution >= 4 is 11.8 Å². The van der Waals surface area contributed by atoms with Gasteiger partial charge in [0, 0.05) is 5.54 Å². The average molecular weight is 291 g/mol. The van der Waals surface area contributed by atoms with Crippen molar-refractivity contribution in [3.63, 3.8) is 0 Å². The SMILES string of the molecule is Cc1ccc(C(N)C(=O)NC(C)C(=O)NC(C)(C)C)cc1. The van der Waals surface area contributed by atoms with E-state index in [-0.39, 0.29) is 17.4 Å². The molecule has 2 unspecified atom stereocenters. The van der Waals surface area contributed by atoms with Gasteiger partial charge in [-0.15, -0.1) is 0 Å². The van der Waals surface area contributed by atoms with Gasteiger partial charge in [0.1, 0.15) is 12.1 Å². The lowest BCUT2D eigenvalue weighted by Crippen LogP contribution is -2.52. The molecule has 2 atom stereocenters. The topological polar surface area (TPSA) is 84.2 Å². The minimum atomic E-state index is -0.782. The van der Waals surface area contributed by atoms with Crippen LogP contribution in [-0.4, -0.2) is 23.4 Å². The molecule has 0 aliphatic rings. The third kappa shape index (κ3) is 5.55. The van der Waals surface area contributed by atoms with Crippen molar-refractivity contribution in [2.24, 2.45) is 5.73 Å². The third-order valence-electron chi connectivity index (χ3n) is 2.97. The van der Waals surface area contributed by atoms with Gasteiger partial charge in [-0.3, -0.25) is 9.59 Å². The average Bonchev–Trinajstić information content (AvgIpc) is 2.36. The van der Waals surface area contributed by atoms with E-state index in [2.05, 4.69) is 10.6 Å². The van der Waals surface area contributed by atoms with Crippen LogP contribution in [0.15, 0.2) is 24.3 Å². The standard InChI is InChI=1S/C16H25N3O2/c1-10-6-8-12(9-7-10)13(17)15(21)18-11(2)14(20)19-16(3,4)5/h6-9,11,13H,17H2,1-5H3,(H,18,21)(H,19,20). The largest absolute Gasteiger partial charge is 0.350 e. The highest BCUT2D eigenvalue weighted by Gasteiger charge is 2.23. The van der Waals surface area contributed by atoms with E-state index in [1.807, 2.05) is 52.0 Å². The predicted molar refractivity (Wildman–Crippen MR) is 83.6 cm³/mol. The third-order valence-corrected chi connectivity index (χ3v) is 2.97. The molecule has 0 spiro atoms. The molecule has 4 N–H and O–H groups in total. The maximum Gasteiger partial charge on any atom is 0.242 e. The predicted octanol–water partition coefficient (Wildman–Crippen LogP) is 1.41. The van der Waals surface area contributed by atoms with Crippen molar-refractivity contribution in [2.75, 3.05) is 0 Å². The van der Waals surface area contributed by atoms with E-state index in [0.29, 0.717) is 0 Å². The molecule has 116 valence electrons. The molecule has 21 heavy (non-hydrogen) atoms. The highest BCUT2D eigenvalue weighted by atomic mass is 16.2. The number of hydrogen-bond acceptors (Lipinski definition) is 3. The van der Waals surface area contributed by atoms with Gasteiger partial charge in [0.2, 0.25) is 11.8 Å². The Morgan fingerprint density at radius 3 is 2.10 bits per heavy atom. The fourth-order valence-corrected chi connectivity index (χ4v) is 1.77. The van der Waals surface area contributed by atoms with Crippen LogP contribution in [0.1, 0.15) is 44.9 Å². The summed E-state index contributed by atoms with van der Waals surface area (Å²) < 4.78 is 0. The summed E-state index contributed by atoms with van der Waals surface area (Å²) in [5, 5.41) is 5.46. The molecule has 0 saturated heterocycles. The summed E-state index contributed by atoms with van der Waals surface area (Å²) >= 11 is 0. The van der Waals surface area contributed by atoms with Crippen molar-refractivity contribution in [3.8, 4) is 0 Å². The number of rotatable bonds is 4. The van der Waals surface area contributed by atoms with Gasteiger partial charge >= 0.3 is 0 Å². The fraction of sp³-hybridized carbons (Fsp3) is 0.500. The molecule has 1 rings (SSSR count). The fourth-order valence-electron chi connectivity index (χ4n) is 1.77. The van der Waals surface area contributed by atoms with Crippen molar-refractivity contribution in [2.45, 2.75) is 52.2 Å². The van der Waals surface area contributed by atoms with Gasteiger partial charge in [-0.2, -0.15) is 0 Å². The van der Waals surface area contributed by atoms with Crippen LogP contribution in [-0.2, 0) is 9.59 Å². The van der Waals surface area contributed by atoms with E-state index in [9.17, 15) is 9.59 Å². The molecule has 2 amide bonds. The molecule has 1 aromatic carbocycles. The zero-order chi connectivity index (χ0) is 16.2. The number of carbonyl (C=O) groups excluding carboxylic acids is 2. The maximum atomic E-state index is 12.1. The van der Waals surface area contributed by atoms with Gasteiger partial charge in [0.25, 0.3) is 0 Å². The van der Waals surface area contributed by atoms with E-state index < -0.39 is 12.1 Å². The van der Waals surface area contributed by atoms with Crippen molar-refractivity contribution < 1.29 is 9.59 Å².